The second kappa shape index (κ2) is 5.74. The fourth-order valence-electron chi connectivity index (χ4n) is 2.58. The molecule has 96 valence electrons. The number of hydrogen-bond acceptors (Lipinski definition) is 4. The predicted octanol–water partition coefficient (Wildman–Crippen LogP) is 2.97. The van der Waals surface area contributed by atoms with E-state index in [-0.39, 0.29) is 5.54 Å². The predicted molar refractivity (Wildman–Crippen MR) is 78.8 cm³/mol. The maximum absolute atomic E-state index is 6.08. The van der Waals surface area contributed by atoms with Gasteiger partial charge < -0.3 is 5.73 Å². The van der Waals surface area contributed by atoms with E-state index in [0.717, 1.165) is 6.54 Å². The van der Waals surface area contributed by atoms with Crippen molar-refractivity contribution in [3.05, 3.63) is 22.4 Å². The van der Waals surface area contributed by atoms with Crippen molar-refractivity contribution in [3.8, 4) is 0 Å². The lowest BCUT2D eigenvalue weighted by Crippen LogP contribution is -2.54. The number of hydrogen-bond donors (Lipinski definition) is 1. The van der Waals surface area contributed by atoms with Gasteiger partial charge in [-0.15, -0.1) is 11.3 Å². The molecule has 17 heavy (non-hydrogen) atoms. The van der Waals surface area contributed by atoms with Crippen LogP contribution in [0.3, 0.4) is 0 Å². The third-order valence-electron chi connectivity index (χ3n) is 4.09. The van der Waals surface area contributed by atoms with Gasteiger partial charge in [0.15, 0.2) is 0 Å². The summed E-state index contributed by atoms with van der Waals surface area (Å²) in [4.78, 5) is 3.96. The highest BCUT2D eigenvalue weighted by Crippen LogP contribution is 2.36. The lowest BCUT2D eigenvalue weighted by atomic mass is 9.89. The number of likely N-dealkylation sites (N-methyl/N-ethyl adjacent to an activating group) is 1. The zero-order valence-electron chi connectivity index (χ0n) is 10.7. The third-order valence-corrected chi connectivity index (χ3v) is 6.12. The first-order valence-corrected chi connectivity index (χ1v) is 8.27. The van der Waals surface area contributed by atoms with E-state index in [9.17, 15) is 0 Å². The van der Waals surface area contributed by atoms with Gasteiger partial charge in [-0.1, -0.05) is 6.07 Å². The molecule has 2 rings (SSSR count). The van der Waals surface area contributed by atoms with Gasteiger partial charge in [0.1, 0.15) is 0 Å². The Morgan fingerprint density at radius 2 is 2.18 bits per heavy atom. The van der Waals surface area contributed by atoms with Crippen molar-refractivity contribution >= 4 is 23.1 Å². The van der Waals surface area contributed by atoms with E-state index in [2.05, 4.69) is 48.1 Å². The van der Waals surface area contributed by atoms with Crippen molar-refractivity contribution in [2.45, 2.75) is 31.3 Å². The van der Waals surface area contributed by atoms with Crippen LogP contribution in [0.1, 0.15) is 30.7 Å². The SMILES string of the molecule is CC(c1cccs1)N(C)C1(CN)CCSCC1. The molecule has 0 saturated carbocycles. The maximum Gasteiger partial charge on any atom is 0.0416 e. The van der Waals surface area contributed by atoms with E-state index in [1.54, 1.807) is 0 Å². The van der Waals surface area contributed by atoms with Crippen LogP contribution in [-0.4, -0.2) is 35.5 Å². The molecule has 0 aliphatic carbocycles. The van der Waals surface area contributed by atoms with Gasteiger partial charge in [0.25, 0.3) is 0 Å². The van der Waals surface area contributed by atoms with Gasteiger partial charge in [0, 0.05) is 23.0 Å². The lowest BCUT2D eigenvalue weighted by molar-refractivity contribution is 0.0771. The second-order valence-electron chi connectivity index (χ2n) is 4.84. The van der Waals surface area contributed by atoms with Gasteiger partial charge in [-0.25, -0.2) is 0 Å². The molecule has 1 aliphatic rings. The molecule has 1 aromatic rings. The Hall–Kier alpha value is -0.0300. The summed E-state index contributed by atoms with van der Waals surface area (Å²) < 4.78 is 0. The molecule has 1 atom stereocenters. The molecule has 1 saturated heterocycles. The van der Waals surface area contributed by atoms with E-state index < -0.39 is 0 Å². The average Bonchev–Trinajstić information content (AvgIpc) is 2.91. The van der Waals surface area contributed by atoms with Crippen LogP contribution in [-0.2, 0) is 0 Å². The van der Waals surface area contributed by atoms with Crippen molar-refractivity contribution in [2.24, 2.45) is 5.73 Å². The Labute approximate surface area is 113 Å². The molecule has 2 nitrogen and oxygen atoms in total. The third kappa shape index (κ3) is 2.70. The highest BCUT2D eigenvalue weighted by Gasteiger charge is 2.37. The monoisotopic (exact) mass is 270 g/mol. The van der Waals surface area contributed by atoms with Gasteiger partial charge in [-0.2, -0.15) is 11.8 Å². The maximum atomic E-state index is 6.08. The van der Waals surface area contributed by atoms with Crippen LogP contribution < -0.4 is 5.73 Å². The first-order valence-electron chi connectivity index (χ1n) is 6.24. The Morgan fingerprint density at radius 1 is 1.47 bits per heavy atom. The summed E-state index contributed by atoms with van der Waals surface area (Å²) in [5.74, 6) is 2.50. The molecule has 0 aromatic carbocycles. The van der Waals surface area contributed by atoms with E-state index in [1.165, 1.54) is 29.2 Å². The van der Waals surface area contributed by atoms with Crippen LogP contribution in [0.5, 0.6) is 0 Å². The van der Waals surface area contributed by atoms with E-state index >= 15 is 0 Å². The molecule has 2 heterocycles. The standard InChI is InChI=1S/C13H22N2S2/c1-11(12-4-3-7-17-12)15(2)13(10-14)5-8-16-9-6-13/h3-4,7,11H,5-6,8-10,14H2,1-2H3. The first-order chi connectivity index (χ1) is 8.19. The summed E-state index contributed by atoms with van der Waals surface area (Å²) in [7, 11) is 2.24. The molecule has 1 aromatic heterocycles. The van der Waals surface area contributed by atoms with Crippen LogP contribution in [0.2, 0.25) is 0 Å². The number of rotatable bonds is 4. The van der Waals surface area contributed by atoms with Crippen LogP contribution in [0.15, 0.2) is 17.5 Å². The summed E-state index contributed by atoms with van der Waals surface area (Å²) in [5, 5.41) is 2.16. The van der Waals surface area contributed by atoms with Gasteiger partial charge in [-0.3, -0.25) is 4.90 Å². The fourth-order valence-corrected chi connectivity index (χ4v) is 4.66. The summed E-state index contributed by atoms with van der Waals surface area (Å²) in [6.07, 6.45) is 2.45. The van der Waals surface area contributed by atoms with Gasteiger partial charge in [0.05, 0.1) is 0 Å². The van der Waals surface area contributed by atoms with Crippen LogP contribution in [0.4, 0.5) is 0 Å². The minimum atomic E-state index is 0.217. The van der Waals surface area contributed by atoms with Gasteiger partial charge in [0.2, 0.25) is 0 Å². The van der Waals surface area contributed by atoms with E-state index in [1.807, 2.05) is 11.3 Å². The van der Waals surface area contributed by atoms with Crippen LogP contribution in [0, 0.1) is 0 Å². The van der Waals surface area contributed by atoms with E-state index in [0.29, 0.717) is 6.04 Å². The summed E-state index contributed by atoms with van der Waals surface area (Å²) in [6.45, 7) is 3.07. The Kier molecular flexibility index (Phi) is 4.53. The highest BCUT2D eigenvalue weighted by atomic mass is 32.2. The van der Waals surface area contributed by atoms with Crippen LogP contribution >= 0.6 is 23.1 Å². The zero-order valence-corrected chi connectivity index (χ0v) is 12.3. The minimum absolute atomic E-state index is 0.217. The lowest BCUT2D eigenvalue weighted by Gasteiger charge is -2.46. The largest absolute Gasteiger partial charge is 0.329 e. The van der Waals surface area contributed by atoms with Crippen molar-refractivity contribution in [1.82, 2.24) is 4.90 Å². The summed E-state index contributed by atoms with van der Waals surface area (Å²) >= 11 is 3.90. The van der Waals surface area contributed by atoms with Crippen molar-refractivity contribution < 1.29 is 0 Å². The molecule has 1 fully saturated rings. The number of nitrogens with zero attached hydrogens (tertiary/aromatic N) is 1. The van der Waals surface area contributed by atoms with Gasteiger partial charge >= 0.3 is 0 Å². The molecule has 0 radical (unpaired) electrons. The number of thioether (sulfide) groups is 1. The fraction of sp³-hybridized carbons (Fsp3) is 0.692. The first kappa shape index (κ1) is 13.4. The molecule has 1 aliphatic heterocycles. The van der Waals surface area contributed by atoms with Crippen molar-refractivity contribution in [2.75, 3.05) is 25.1 Å². The molecule has 1 unspecified atom stereocenters. The Balaban J connectivity index is 2.13. The normalized spacial score (nSPS) is 21.6. The topological polar surface area (TPSA) is 29.3 Å². The number of thiophene rings is 1. The molecule has 0 amide bonds. The van der Waals surface area contributed by atoms with E-state index in [4.69, 9.17) is 5.73 Å². The number of nitrogens with two attached hydrogens (primary N) is 1. The molecule has 2 N–H and O–H groups in total. The highest BCUT2D eigenvalue weighted by molar-refractivity contribution is 7.99. The van der Waals surface area contributed by atoms with Crippen molar-refractivity contribution in [1.29, 1.82) is 0 Å². The second-order valence-corrected chi connectivity index (χ2v) is 7.05. The zero-order chi connectivity index (χ0) is 12.3. The molecular weight excluding hydrogens is 248 g/mol. The molecular formula is C13H22N2S2. The molecule has 4 heteroatoms. The van der Waals surface area contributed by atoms with Gasteiger partial charge in [-0.05, 0) is 49.8 Å². The average molecular weight is 270 g/mol. The molecule has 0 bridgehead atoms. The smallest absolute Gasteiger partial charge is 0.0416 e. The summed E-state index contributed by atoms with van der Waals surface area (Å²) in [5.41, 5.74) is 6.30. The Morgan fingerprint density at radius 3 is 2.71 bits per heavy atom. The minimum Gasteiger partial charge on any atom is -0.329 e. The molecule has 0 spiro atoms. The quantitative estimate of drug-likeness (QED) is 0.912. The summed E-state index contributed by atoms with van der Waals surface area (Å²) in [6, 6.07) is 4.84. The van der Waals surface area contributed by atoms with Crippen LogP contribution in [0.25, 0.3) is 0 Å². The Bertz CT molecular complexity index is 331. The van der Waals surface area contributed by atoms with Crippen molar-refractivity contribution in [3.63, 3.8) is 0 Å².